The lowest BCUT2D eigenvalue weighted by molar-refractivity contribution is -0.158. The van der Waals surface area contributed by atoms with E-state index >= 15 is 0 Å². The summed E-state index contributed by atoms with van der Waals surface area (Å²) in [7, 11) is 0. The van der Waals surface area contributed by atoms with E-state index in [4.69, 9.17) is 0 Å². The third-order valence-corrected chi connectivity index (χ3v) is 10.9. The summed E-state index contributed by atoms with van der Waals surface area (Å²) < 4.78 is 0. The maximum Gasteiger partial charge on any atom is 0.0844 e. The monoisotopic (exact) mass is 395 g/mol. The molecular formula is C27H41NO. The highest BCUT2D eigenvalue weighted by Crippen LogP contribution is 2.77. The lowest BCUT2D eigenvalue weighted by Gasteiger charge is -2.63. The number of nitrogens with zero attached hydrogens (tertiary/aromatic N) is 1. The molecule has 0 heterocycles. The van der Waals surface area contributed by atoms with E-state index in [-0.39, 0.29) is 0 Å². The Bertz CT molecular complexity index is 639. The highest BCUT2D eigenvalue weighted by molar-refractivity contribution is 5.20. The van der Waals surface area contributed by atoms with Crippen LogP contribution in [0.1, 0.15) is 89.9 Å². The van der Waals surface area contributed by atoms with Crippen molar-refractivity contribution >= 4 is 0 Å². The first-order valence-electron chi connectivity index (χ1n) is 13.3. The lowest BCUT2D eigenvalue weighted by Crippen LogP contribution is -2.60. The van der Waals surface area contributed by atoms with Crippen LogP contribution in [0.2, 0.25) is 0 Å². The van der Waals surface area contributed by atoms with Gasteiger partial charge >= 0.3 is 0 Å². The van der Waals surface area contributed by atoms with E-state index in [2.05, 4.69) is 11.3 Å². The molecule has 160 valence electrons. The van der Waals surface area contributed by atoms with Crippen LogP contribution in [-0.2, 0) is 0 Å². The van der Waals surface area contributed by atoms with Gasteiger partial charge in [0.15, 0.2) is 0 Å². The van der Waals surface area contributed by atoms with Gasteiger partial charge in [-0.25, -0.2) is 0 Å². The molecule has 8 aliphatic rings. The van der Waals surface area contributed by atoms with Crippen LogP contribution in [-0.4, -0.2) is 6.54 Å². The normalized spacial score (nSPS) is 46.2. The molecule has 7 saturated carbocycles. The Balaban J connectivity index is 0.830. The molecule has 2 heteroatoms. The Morgan fingerprint density at radius 3 is 2.28 bits per heavy atom. The molecule has 0 radical (unpaired) electrons. The molecule has 0 aromatic rings. The minimum Gasteiger partial charge on any atom is -0.151 e. The number of nitroso groups, excluding NO2 is 1. The van der Waals surface area contributed by atoms with Crippen LogP contribution in [0.5, 0.6) is 0 Å². The van der Waals surface area contributed by atoms with Crippen molar-refractivity contribution in [1.82, 2.24) is 0 Å². The lowest BCUT2D eigenvalue weighted by atomic mass is 9.41. The summed E-state index contributed by atoms with van der Waals surface area (Å²) in [6.07, 6.45) is 23.3. The predicted molar refractivity (Wildman–Crippen MR) is 118 cm³/mol. The average molecular weight is 396 g/mol. The van der Waals surface area contributed by atoms with Gasteiger partial charge in [-0.05, 0) is 97.7 Å². The molecule has 0 aromatic heterocycles. The van der Waals surface area contributed by atoms with Crippen molar-refractivity contribution in [1.29, 1.82) is 0 Å². The molecule has 0 N–H and O–H groups in total. The molecule has 9 unspecified atom stereocenters. The molecule has 8 rings (SSSR count). The Hall–Kier alpha value is -0.660. The van der Waals surface area contributed by atoms with Gasteiger partial charge in [0.25, 0.3) is 0 Å². The summed E-state index contributed by atoms with van der Waals surface area (Å²) in [5, 5.41) is 3.27. The van der Waals surface area contributed by atoms with Crippen LogP contribution in [0.4, 0.5) is 0 Å². The van der Waals surface area contributed by atoms with E-state index < -0.39 is 0 Å². The number of hydrogen-bond donors (Lipinski definition) is 0. The molecular weight excluding hydrogens is 354 g/mol. The van der Waals surface area contributed by atoms with Crippen molar-refractivity contribution in [2.24, 2.45) is 64.4 Å². The van der Waals surface area contributed by atoms with Crippen molar-refractivity contribution < 1.29 is 0 Å². The Morgan fingerprint density at radius 1 is 0.828 bits per heavy atom. The van der Waals surface area contributed by atoms with Gasteiger partial charge in [0.2, 0.25) is 0 Å². The number of allylic oxidation sites excluding steroid dienone is 2. The van der Waals surface area contributed by atoms with Crippen molar-refractivity contribution in [2.45, 2.75) is 89.9 Å². The largest absolute Gasteiger partial charge is 0.151 e. The summed E-state index contributed by atoms with van der Waals surface area (Å²) in [5.74, 6) is 9.72. The van der Waals surface area contributed by atoms with Crippen LogP contribution in [0, 0.1) is 64.1 Å². The van der Waals surface area contributed by atoms with E-state index in [1.807, 2.05) is 0 Å². The maximum absolute atomic E-state index is 10.8. The minimum atomic E-state index is 0.630. The maximum atomic E-state index is 10.8. The summed E-state index contributed by atoms with van der Waals surface area (Å²) in [6.45, 7) is 0.630. The van der Waals surface area contributed by atoms with Crippen molar-refractivity contribution in [3.8, 4) is 0 Å². The predicted octanol–water partition coefficient (Wildman–Crippen LogP) is 7.38. The van der Waals surface area contributed by atoms with E-state index in [0.29, 0.717) is 12.5 Å². The molecule has 2 nitrogen and oxygen atoms in total. The standard InChI is InChI=1S/C27H41NO/c29-28-16-25-21-14-24(25)27-22-15-23(21)26(27)20(22)10-5-3-1-2-4-7-18-12-19(13-18)11-17-8-6-9-17/h12,17-18,20-27H,1-11,13-16H2. The zero-order valence-corrected chi connectivity index (χ0v) is 18.3. The smallest absolute Gasteiger partial charge is 0.0844 e. The second-order valence-electron chi connectivity index (χ2n) is 12.1. The summed E-state index contributed by atoms with van der Waals surface area (Å²) in [6, 6.07) is 0. The molecule has 0 spiro atoms. The van der Waals surface area contributed by atoms with Crippen LogP contribution in [0.25, 0.3) is 0 Å². The quantitative estimate of drug-likeness (QED) is 0.192. The van der Waals surface area contributed by atoms with Gasteiger partial charge in [-0.15, -0.1) is 0 Å². The first-order valence-corrected chi connectivity index (χ1v) is 13.3. The molecule has 0 saturated heterocycles. The second kappa shape index (κ2) is 7.79. The second-order valence-corrected chi connectivity index (χ2v) is 12.1. The van der Waals surface area contributed by atoms with Crippen molar-refractivity contribution in [3.05, 3.63) is 16.6 Å². The third-order valence-electron chi connectivity index (χ3n) is 10.9. The average Bonchev–Trinajstić information content (AvgIpc) is 3.11. The van der Waals surface area contributed by atoms with Crippen LogP contribution in [0.3, 0.4) is 0 Å². The molecule has 29 heavy (non-hydrogen) atoms. The van der Waals surface area contributed by atoms with Gasteiger partial charge in [-0.2, -0.15) is 4.91 Å². The Labute approximate surface area is 177 Å². The molecule has 6 bridgehead atoms. The van der Waals surface area contributed by atoms with Crippen molar-refractivity contribution in [3.63, 3.8) is 0 Å². The zero-order valence-electron chi connectivity index (χ0n) is 18.3. The fraction of sp³-hybridized carbons (Fsp3) is 0.926. The molecule has 8 aliphatic carbocycles. The molecule has 0 amide bonds. The zero-order chi connectivity index (χ0) is 19.4. The Morgan fingerprint density at radius 2 is 1.55 bits per heavy atom. The molecule has 0 aliphatic heterocycles. The van der Waals surface area contributed by atoms with Gasteiger partial charge in [0, 0.05) is 0 Å². The Kier molecular flexibility index (Phi) is 5.12. The summed E-state index contributed by atoms with van der Waals surface area (Å²) in [4.78, 5) is 10.8. The summed E-state index contributed by atoms with van der Waals surface area (Å²) in [5.41, 5.74) is 1.80. The van der Waals surface area contributed by atoms with E-state index in [0.717, 1.165) is 53.3 Å². The van der Waals surface area contributed by atoms with Gasteiger partial charge in [0.05, 0.1) is 6.54 Å². The first kappa shape index (κ1) is 19.1. The highest BCUT2D eigenvalue weighted by atomic mass is 16.3. The minimum absolute atomic E-state index is 0.630. The van der Waals surface area contributed by atoms with Crippen LogP contribution < -0.4 is 0 Å². The van der Waals surface area contributed by atoms with E-state index in [9.17, 15) is 4.91 Å². The number of unbranched alkanes of at least 4 members (excludes halogenated alkanes) is 4. The summed E-state index contributed by atoms with van der Waals surface area (Å²) >= 11 is 0. The van der Waals surface area contributed by atoms with Gasteiger partial charge in [0.1, 0.15) is 0 Å². The van der Waals surface area contributed by atoms with Gasteiger partial charge in [-0.3, -0.25) is 0 Å². The fourth-order valence-corrected chi connectivity index (χ4v) is 9.31. The molecule has 0 aromatic carbocycles. The number of rotatable bonds is 12. The van der Waals surface area contributed by atoms with Gasteiger partial charge < -0.3 is 0 Å². The number of hydrogen-bond acceptors (Lipinski definition) is 2. The SMILES string of the molecule is O=NCC1C2CC1C1C3CC2C1C3CCCCCCCC1C=C(CC2CCC2)C1. The van der Waals surface area contributed by atoms with Crippen LogP contribution >= 0.6 is 0 Å². The molecule has 7 fully saturated rings. The fourth-order valence-electron chi connectivity index (χ4n) is 9.31. The molecule has 9 atom stereocenters. The first-order chi connectivity index (χ1) is 14.3. The topological polar surface area (TPSA) is 29.4 Å². The van der Waals surface area contributed by atoms with Crippen molar-refractivity contribution in [2.75, 3.05) is 6.54 Å². The van der Waals surface area contributed by atoms with Crippen LogP contribution in [0.15, 0.2) is 16.8 Å². The van der Waals surface area contributed by atoms with E-state index in [1.54, 1.807) is 5.57 Å². The van der Waals surface area contributed by atoms with E-state index in [1.165, 1.54) is 89.9 Å². The van der Waals surface area contributed by atoms with Gasteiger partial charge in [-0.1, -0.05) is 68.2 Å². The third kappa shape index (κ3) is 3.18. The highest BCUT2D eigenvalue weighted by Gasteiger charge is 2.72.